The van der Waals surface area contributed by atoms with E-state index in [1.54, 1.807) is 0 Å². The third-order valence-electron chi connectivity index (χ3n) is 4.48. The average molecular weight is 276 g/mol. The van der Waals surface area contributed by atoms with E-state index in [0.29, 0.717) is 0 Å². The molecule has 1 aliphatic carbocycles. The van der Waals surface area contributed by atoms with E-state index in [2.05, 4.69) is 29.9 Å². The van der Waals surface area contributed by atoms with Crippen molar-refractivity contribution < 1.29 is 4.79 Å². The van der Waals surface area contributed by atoms with Gasteiger partial charge in [-0.3, -0.25) is 4.79 Å². The van der Waals surface area contributed by atoms with Gasteiger partial charge in [-0.15, -0.1) is 0 Å². The predicted molar refractivity (Wildman–Crippen MR) is 83.0 cm³/mol. The molecule has 3 nitrogen and oxygen atoms in total. The molecule has 1 aliphatic rings. The van der Waals surface area contributed by atoms with Crippen LogP contribution in [0.4, 0.5) is 0 Å². The second-order valence-electron chi connectivity index (χ2n) is 6.08. The number of unbranched alkanes of at least 4 members (excludes halogenated alkanes) is 1. The lowest BCUT2D eigenvalue weighted by Gasteiger charge is -2.22. The summed E-state index contributed by atoms with van der Waals surface area (Å²) in [5.41, 5.74) is 1.96. The van der Waals surface area contributed by atoms with E-state index in [1.807, 2.05) is 6.07 Å². The molecule has 0 unspecified atom stereocenters. The number of aromatic nitrogens is 1. The van der Waals surface area contributed by atoms with Crippen molar-refractivity contribution >= 4 is 5.91 Å². The minimum Gasteiger partial charge on any atom is -0.352 e. The zero-order chi connectivity index (χ0) is 14.4. The van der Waals surface area contributed by atoms with E-state index in [-0.39, 0.29) is 5.91 Å². The van der Waals surface area contributed by atoms with Crippen molar-refractivity contribution in [1.82, 2.24) is 9.88 Å². The fraction of sp³-hybridized carbons (Fsp3) is 0.706. The maximum atomic E-state index is 12.1. The summed E-state index contributed by atoms with van der Waals surface area (Å²) < 4.78 is 2.27. The van der Waals surface area contributed by atoms with Gasteiger partial charge >= 0.3 is 0 Å². The lowest BCUT2D eigenvalue weighted by Crippen LogP contribution is -2.25. The Labute approximate surface area is 122 Å². The minimum absolute atomic E-state index is 0.0818. The predicted octanol–water partition coefficient (Wildman–Crippen LogP) is 3.91. The van der Waals surface area contributed by atoms with Crippen molar-refractivity contribution in [2.75, 3.05) is 6.54 Å². The second-order valence-corrected chi connectivity index (χ2v) is 6.08. The van der Waals surface area contributed by atoms with E-state index in [9.17, 15) is 4.79 Å². The molecule has 0 radical (unpaired) electrons. The van der Waals surface area contributed by atoms with Crippen LogP contribution in [0.15, 0.2) is 12.3 Å². The van der Waals surface area contributed by atoms with Crippen molar-refractivity contribution in [2.24, 2.45) is 5.92 Å². The van der Waals surface area contributed by atoms with Gasteiger partial charge in [-0.2, -0.15) is 0 Å². The Bertz CT molecular complexity index is 430. The molecule has 3 heteroatoms. The molecule has 112 valence electrons. The number of nitrogens with zero attached hydrogens (tertiary/aromatic N) is 1. The Kier molecular flexibility index (Phi) is 5.69. The molecule has 0 aliphatic heterocycles. The molecule has 0 saturated heterocycles. The van der Waals surface area contributed by atoms with E-state index in [4.69, 9.17) is 0 Å². The van der Waals surface area contributed by atoms with Crippen LogP contribution in [0, 0.1) is 12.8 Å². The molecular formula is C17H28N2O. The number of hydrogen-bond donors (Lipinski definition) is 1. The van der Waals surface area contributed by atoms with Gasteiger partial charge in [-0.1, -0.05) is 32.6 Å². The van der Waals surface area contributed by atoms with Gasteiger partial charge in [0.2, 0.25) is 0 Å². The maximum absolute atomic E-state index is 12.1. The highest BCUT2D eigenvalue weighted by molar-refractivity contribution is 5.95. The molecule has 1 heterocycles. The lowest BCUT2D eigenvalue weighted by molar-refractivity contribution is 0.0952. The van der Waals surface area contributed by atoms with Gasteiger partial charge in [0.25, 0.3) is 5.91 Å². The standard InChI is InChI=1S/C17H28N2O/c1-3-4-11-18-17(20)16-10-12-19(14(16)2)13-15-8-6-5-7-9-15/h10,12,15H,3-9,11,13H2,1-2H3,(H,18,20). The number of carbonyl (C=O) groups is 1. The van der Waals surface area contributed by atoms with Crippen molar-refractivity contribution in [3.8, 4) is 0 Å². The first-order valence-electron chi connectivity index (χ1n) is 8.16. The van der Waals surface area contributed by atoms with Crippen molar-refractivity contribution in [3.63, 3.8) is 0 Å². The van der Waals surface area contributed by atoms with Crippen LogP contribution in [0.1, 0.15) is 67.9 Å². The summed E-state index contributed by atoms with van der Waals surface area (Å²) in [4.78, 5) is 12.1. The Hall–Kier alpha value is -1.25. The van der Waals surface area contributed by atoms with Gasteiger partial charge in [-0.25, -0.2) is 0 Å². The normalized spacial score (nSPS) is 16.3. The molecule has 1 fully saturated rings. The molecular weight excluding hydrogens is 248 g/mol. The van der Waals surface area contributed by atoms with Gasteiger partial charge in [0, 0.05) is 25.0 Å². The highest BCUT2D eigenvalue weighted by Crippen LogP contribution is 2.26. The highest BCUT2D eigenvalue weighted by Gasteiger charge is 2.17. The summed E-state index contributed by atoms with van der Waals surface area (Å²) in [5.74, 6) is 0.879. The fourth-order valence-electron chi connectivity index (χ4n) is 3.11. The summed E-state index contributed by atoms with van der Waals surface area (Å²) in [6, 6.07) is 1.97. The van der Waals surface area contributed by atoms with Crippen LogP contribution in [-0.4, -0.2) is 17.0 Å². The first kappa shape index (κ1) is 15.1. The Balaban J connectivity index is 1.93. The number of amides is 1. The lowest BCUT2D eigenvalue weighted by atomic mass is 9.89. The quantitative estimate of drug-likeness (QED) is 0.785. The second kappa shape index (κ2) is 7.51. The Morgan fingerprint density at radius 3 is 2.80 bits per heavy atom. The minimum atomic E-state index is 0.0818. The maximum Gasteiger partial charge on any atom is 0.253 e. The summed E-state index contributed by atoms with van der Waals surface area (Å²) in [5, 5.41) is 3.01. The molecule has 1 N–H and O–H groups in total. The van der Waals surface area contributed by atoms with Gasteiger partial charge < -0.3 is 9.88 Å². The number of hydrogen-bond acceptors (Lipinski definition) is 1. The molecule has 0 spiro atoms. The summed E-state index contributed by atoms with van der Waals surface area (Å²) in [6.45, 7) is 6.06. The van der Waals surface area contributed by atoms with E-state index < -0.39 is 0 Å². The topological polar surface area (TPSA) is 34.0 Å². The monoisotopic (exact) mass is 276 g/mol. The Morgan fingerprint density at radius 2 is 2.10 bits per heavy atom. The highest BCUT2D eigenvalue weighted by atomic mass is 16.1. The molecule has 1 aromatic heterocycles. The zero-order valence-corrected chi connectivity index (χ0v) is 13.0. The van der Waals surface area contributed by atoms with Crippen molar-refractivity contribution in [3.05, 3.63) is 23.5 Å². The smallest absolute Gasteiger partial charge is 0.253 e. The first-order valence-corrected chi connectivity index (χ1v) is 8.16. The third-order valence-corrected chi connectivity index (χ3v) is 4.48. The van der Waals surface area contributed by atoms with Crippen LogP contribution in [-0.2, 0) is 6.54 Å². The molecule has 1 saturated carbocycles. The van der Waals surface area contributed by atoms with Gasteiger partial charge in [-0.05, 0) is 38.2 Å². The van der Waals surface area contributed by atoms with E-state index in [0.717, 1.165) is 43.1 Å². The van der Waals surface area contributed by atoms with E-state index in [1.165, 1.54) is 32.1 Å². The van der Waals surface area contributed by atoms with Crippen molar-refractivity contribution in [2.45, 2.75) is 65.3 Å². The SMILES string of the molecule is CCCCNC(=O)c1ccn(CC2CCCCC2)c1C. The molecule has 20 heavy (non-hydrogen) atoms. The first-order chi connectivity index (χ1) is 9.72. The fourth-order valence-corrected chi connectivity index (χ4v) is 3.11. The largest absolute Gasteiger partial charge is 0.352 e. The Morgan fingerprint density at radius 1 is 1.35 bits per heavy atom. The van der Waals surface area contributed by atoms with Crippen LogP contribution in [0.3, 0.4) is 0 Å². The zero-order valence-electron chi connectivity index (χ0n) is 13.0. The van der Waals surface area contributed by atoms with Crippen LogP contribution in [0.5, 0.6) is 0 Å². The molecule has 1 amide bonds. The van der Waals surface area contributed by atoms with Crippen LogP contribution in [0.25, 0.3) is 0 Å². The summed E-state index contributed by atoms with van der Waals surface area (Å²) in [6.07, 6.45) is 11.1. The third kappa shape index (κ3) is 3.87. The summed E-state index contributed by atoms with van der Waals surface area (Å²) >= 11 is 0. The molecule has 1 aromatic rings. The molecule has 0 bridgehead atoms. The van der Waals surface area contributed by atoms with Gasteiger partial charge in [0.05, 0.1) is 5.56 Å². The number of nitrogens with one attached hydrogen (secondary N) is 1. The van der Waals surface area contributed by atoms with Gasteiger partial charge in [0.15, 0.2) is 0 Å². The average Bonchev–Trinajstić information content (AvgIpc) is 2.82. The molecule has 0 aromatic carbocycles. The number of rotatable bonds is 6. The van der Waals surface area contributed by atoms with Crippen LogP contribution >= 0.6 is 0 Å². The molecule has 0 atom stereocenters. The number of carbonyl (C=O) groups excluding carboxylic acids is 1. The molecule has 2 rings (SSSR count). The summed E-state index contributed by atoms with van der Waals surface area (Å²) in [7, 11) is 0. The van der Waals surface area contributed by atoms with Gasteiger partial charge in [0.1, 0.15) is 0 Å². The van der Waals surface area contributed by atoms with Crippen LogP contribution in [0.2, 0.25) is 0 Å². The van der Waals surface area contributed by atoms with Crippen LogP contribution < -0.4 is 5.32 Å². The van der Waals surface area contributed by atoms with Crippen molar-refractivity contribution in [1.29, 1.82) is 0 Å². The van der Waals surface area contributed by atoms with E-state index >= 15 is 0 Å².